The third kappa shape index (κ3) is 6.41. The van der Waals surface area contributed by atoms with Gasteiger partial charge >= 0.3 is 0 Å². The van der Waals surface area contributed by atoms with Crippen LogP contribution in [0.3, 0.4) is 0 Å². The van der Waals surface area contributed by atoms with Crippen molar-refractivity contribution in [3.05, 3.63) is 71.8 Å². The molecule has 0 aliphatic heterocycles. The van der Waals surface area contributed by atoms with Gasteiger partial charge in [0.15, 0.2) is 5.96 Å². The number of hydrogen-bond donors (Lipinski definition) is 3. The van der Waals surface area contributed by atoms with Crippen LogP contribution in [0.2, 0.25) is 0 Å². The van der Waals surface area contributed by atoms with Crippen molar-refractivity contribution in [1.82, 2.24) is 10.6 Å². The average Bonchev–Trinajstić information content (AvgIpc) is 2.70. The third-order valence-electron chi connectivity index (χ3n) is 4.77. The second kappa shape index (κ2) is 10.5. The normalized spacial score (nSPS) is 12.1. The summed E-state index contributed by atoms with van der Waals surface area (Å²) < 4.78 is 0. The predicted octanol–water partition coefficient (Wildman–Crippen LogP) is 3.28. The van der Waals surface area contributed by atoms with E-state index >= 15 is 0 Å². The smallest absolute Gasteiger partial charge is 0.224 e. The standard InChI is InChI=1S/C23H32N4O/c1-4-25-22(27-17-23(2,3)21(24)28)26-16-15-20(18-11-7-5-8-12-18)19-13-9-6-10-14-19/h5-14,20H,4,15-17H2,1-3H3,(H2,24,28)(H2,25,26,27). The lowest BCUT2D eigenvalue weighted by atomic mass is 9.88. The molecule has 2 aromatic rings. The molecule has 0 aliphatic rings. The number of hydrogen-bond acceptors (Lipinski definition) is 2. The number of carbonyl (C=O) groups excluding carboxylic acids is 1. The van der Waals surface area contributed by atoms with Crippen molar-refractivity contribution in [2.75, 3.05) is 19.6 Å². The average molecular weight is 381 g/mol. The van der Waals surface area contributed by atoms with Crippen LogP contribution >= 0.6 is 0 Å². The maximum Gasteiger partial charge on any atom is 0.224 e. The molecule has 28 heavy (non-hydrogen) atoms. The van der Waals surface area contributed by atoms with Gasteiger partial charge in [0.1, 0.15) is 0 Å². The molecule has 5 heteroatoms. The maximum atomic E-state index is 11.5. The fourth-order valence-electron chi connectivity index (χ4n) is 2.93. The third-order valence-corrected chi connectivity index (χ3v) is 4.77. The number of nitrogens with two attached hydrogens (primary N) is 1. The molecule has 0 aromatic heterocycles. The lowest BCUT2D eigenvalue weighted by Gasteiger charge is -2.21. The minimum Gasteiger partial charge on any atom is -0.369 e. The zero-order valence-electron chi connectivity index (χ0n) is 17.1. The lowest BCUT2D eigenvalue weighted by Crippen LogP contribution is -2.40. The summed E-state index contributed by atoms with van der Waals surface area (Å²) in [6.45, 7) is 7.50. The molecule has 0 saturated heterocycles. The molecule has 0 atom stereocenters. The van der Waals surface area contributed by atoms with Crippen LogP contribution < -0.4 is 16.4 Å². The van der Waals surface area contributed by atoms with E-state index in [4.69, 9.17) is 5.73 Å². The molecule has 0 radical (unpaired) electrons. The van der Waals surface area contributed by atoms with Gasteiger partial charge < -0.3 is 16.4 Å². The number of primary amides is 1. The van der Waals surface area contributed by atoms with E-state index in [1.165, 1.54) is 11.1 Å². The van der Waals surface area contributed by atoms with Crippen LogP contribution in [0.4, 0.5) is 0 Å². The predicted molar refractivity (Wildman–Crippen MR) is 116 cm³/mol. The van der Waals surface area contributed by atoms with Gasteiger partial charge in [0.05, 0.1) is 12.0 Å². The van der Waals surface area contributed by atoms with Gasteiger partial charge in [-0.05, 0) is 38.3 Å². The van der Waals surface area contributed by atoms with Crippen LogP contribution in [0, 0.1) is 5.41 Å². The van der Waals surface area contributed by atoms with E-state index < -0.39 is 5.41 Å². The molecular formula is C23H32N4O. The minimum absolute atomic E-state index is 0.305. The molecule has 0 spiro atoms. The molecule has 0 bridgehead atoms. The van der Waals surface area contributed by atoms with E-state index in [0.29, 0.717) is 18.4 Å². The van der Waals surface area contributed by atoms with E-state index in [2.05, 4.69) is 64.2 Å². The zero-order chi connectivity index (χ0) is 20.4. The van der Waals surface area contributed by atoms with Gasteiger partial charge in [0, 0.05) is 19.0 Å². The largest absolute Gasteiger partial charge is 0.369 e. The van der Waals surface area contributed by atoms with E-state index in [-0.39, 0.29) is 5.91 Å². The van der Waals surface area contributed by atoms with E-state index in [0.717, 1.165) is 19.5 Å². The Morgan fingerprint density at radius 3 is 2.00 bits per heavy atom. The quantitative estimate of drug-likeness (QED) is 0.461. The Bertz CT molecular complexity index is 717. The van der Waals surface area contributed by atoms with E-state index in [1.54, 1.807) is 0 Å². The van der Waals surface area contributed by atoms with E-state index in [9.17, 15) is 4.79 Å². The first-order valence-electron chi connectivity index (χ1n) is 9.86. The zero-order valence-corrected chi connectivity index (χ0v) is 17.1. The van der Waals surface area contributed by atoms with Crippen LogP contribution in [0.25, 0.3) is 0 Å². The summed E-state index contributed by atoms with van der Waals surface area (Å²) in [6.07, 6.45) is 0.928. The second-order valence-corrected chi connectivity index (χ2v) is 7.53. The lowest BCUT2D eigenvalue weighted by molar-refractivity contribution is -0.125. The molecule has 0 unspecified atom stereocenters. The van der Waals surface area contributed by atoms with Gasteiger partial charge in [0.2, 0.25) is 5.91 Å². The molecule has 0 fully saturated rings. The maximum absolute atomic E-state index is 11.5. The van der Waals surface area contributed by atoms with Gasteiger partial charge in [-0.15, -0.1) is 0 Å². The Morgan fingerprint density at radius 1 is 1.00 bits per heavy atom. The first-order chi connectivity index (χ1) is 13.4. The summed E-state index contributed by atoms with van der Waals surface area (Å²) in [5.41, 5.74) is 7.38. The Kier molecular flexibility index (Phi) is 8.05. The van der Waals surface area contributed by atoms with Crippen molar-refractivity contribution in [2.45, 2.75) is 33.1 Å². The molecular weight excluding hydrogens is 348 g/mol. The highest BCUT2D eigenvalue weighted by Crippen LogP contribution is 2.27. The topological polar surface area (TPSA) is 79.5 Å². The van der Waals surface area contributed by atoms with Crippen LogP contribution in [0.15, 0.2) is 65.7 Å². The van der Waals surface area contributed by atoms with Crippen molar-refractivity contribution in [3.8, 4) is 0 Å². The number of nitrogens with one attached hydrogen (secondary N) is 2. The number of benzene rings is 2. The first-order valence-corrected chi connectivity index (χ1v) is 9.86. The number of nitrogens with zero attached hydrogens (tertiary/aromatic N) is 1. The molecule has 150 valence electrons. The van der Waals surface area contributed by atoms with Crippen LogP contribution in [0.1, 0.15) is 44.2 Å². The SMILES string of the molecule is CCNC(=NCC(C)(C)C(N)=O)NCCC(c1ccccc1)c1ccccc1. The molecule has 5 nitrogen and oxygen atoms in total. The number of guanidine groups is 1. The van der Waals surface area contributed by atoms with Crippen molar-refractivity contribution < 1.29 is 4.79 Å². The highest BCUT2D eigenvalue weighted by molar-refractivity contribution is 5.82. The molecule has 0 heterocycles. The van der Waals surface area contributed by atoms with Gasteiger partial charge in [-0.25, -0.2) is 0 Å². The molecule has 2 aromatic carbocycles. The number of carbonyl (C=O) groups is 1. The highest BCUT2D eigenvalue weighted by atomic mass is 16.1. The second-order valence-electron chi connectivity index (χ2n) is 7.53. The fraction of sp³-hybridized carbons (Fsp3) is 0.391. The number of amides is 1. The van der Waals surface area contributed by atoms with Crippen molar-refractivity contribution in [2.24, 2.45) is 16.1 Å². The Hall–Kier alpha value is -2.82. The van der Waals surface area contributed by atoms with Crippen molar-refractivity contribution in [3.63, 3.8) is 0 Å². The molecule has 2 rings (SSSR count). The molecule has 0 aliphatic carbocycles. The highest BCUT2D eigenvalue weighted by Gasteiger charge is 2.24. The summed E-state index contributed by atoms with van der Waals surface area (Å²) in [4.78, 5) is 16.1. The van der Waals surface area contributed by atoms with Crippen molar-refractivity contribution >= 4 is 11.9 Å². The number of rotatable bonds is 9. The summed E-state index contributed by atoms with van der Waals surface area (Å²) in [5, 5.41) is 6.62. The summed E-state index contributed by atoms with van der Waals surface area (Å²) in [6, 6.07) is 21.1. The molecule has 0 saturated carbocycles. The first kappa shape index (κ1) is 21.5. The van der Waals surface area contributed by atoms with Crippen LogP contribution in [-0.2, 0) is 4.79 Å². The van der Waals surface area contributed by atoms with Gasteiger partial charge in [-0.2, -0.15) is 0 Å². The minimum atomic E-state index is -0.668. The number of aliphatic imine (C=N–C) groups is 1. The summed E-state index contributed by atoms with van der Waals surface area (Å²) in [5.74, 6) is 0.664. The molecule has 4 N–H and O–H groups in total. The van der Waals surface area contributed by atoms with Crippen LogP contribution in [0.5, 0.6) is 0 Å². The monoisotopic (exact) mass is 380 g/mol. The molecule has 1 amide bonds. The Morgan fingerprint density at radius 2 is 1.54 bits per heavy atom. The fourth-order valence-corrected chi connectivity index (χ4v) is 2.93. The van der Waals surface area contributed by atoms with E-state index in [1.807, 2.05) is 32.9 Å². The van der Waals surface area contributed by atoms with Gasteiger partial charge in [0.25, 0.3) is 0 Å². The Labute approximate surface area is 168 Å². The van der Waals surface area contributed by atoms with Gasteiger partial charge in [-0.1, -0.05) is 60.7 Å². The summed E-state index contributed by atoms with van der Waals surface area (Å²) >= 11 is 0. The summed E-state index contributed by atoms with van der Waals surface area (Å²) in [7, 11) is 0. The van der Waals surface area contributed by atoms with Crippen LogP contribution in [-0.4, -0.2) is 31.5 Å². The van der Waals surface area contributed by atoms with Crippen molar-refractivity contribution in [1.29, 1.82) is 0 Å². The Balaban J connectivity index is 2.06. The van der Waals surface area contributed by atoms with Gasteiger partial charge in [-0.3, -0.25) is 9.79 Å².